The van der Waals surface area contributed by atoms with Crippen molar-refractivity contribution in [2.24, 2.45) is 0 Å². The van der Waals surface area contributed by atoms with Crippen molar-refractivity contribution in [2.45, 2.75) is 32.3 Å². The van der Waals surface area contributed by atoms with Gasteiger partial charge in [0.2, 0.25) is 5.28 Å². The SMILES string of the molecule is CC(C)(C)OC(=O)N1CCN(c2nc(Cl)nc3c(F)c(Br)c(Cl)cc23)CC(F)(F)C1. The molecule has 3 rings (SSSR count). The topological polar surface area (TPSA) is 58.6 Å². The molecule has 0 aliphatic carbocycles. The Bertz CT molecular complexity index is 1000. The highest BCUT2D eigenvalue weighted by Crippen LogP contribution is 2.37. The van der Waals surface area contributed by atoms with Crippen molar-refractivity contribution in [3.05, 3.63) is 26.7 Å². The molecule has 0 bridgehead atoms. The number of rotatable bonds is 1. The second-order valence-corrected chi connectivity index (χ2v) is 9.42. The van der Waals surface area contributed by atoms with Gasteiger partial charge in [0.05, 0.1) is 22.6 Å². The van der Waals surface area contributed by atoms with Gasteiger partial charge >= 0.3 is 6.09 Å². The Labute approximate surface area is 189 Å². The summed E-state index contributed by atoms with van der Waals surface area (Å²) in [6.07, 6.45) is -0.840. The number of nitrogens with zero attached hydrogens (tertiary/aromatic N) is 4. The van der Waals surface area contributed by atoms with Crippen LogP contribution in [0, 0.1) is 5.82 Å². The van der Waals surface area contributed by atoms with Crippen LogP contribution in [0.1, 0.15) is 20.8 Å². The number of amides is 1. The molecule has 30 heavy (non-hydrogen) atoms. The lowest BCUT2D eigenvalue weighted by atomic mass is 10.2. The molecule has 0 unspecified atom stereocenters. The average Bonchev–Trinajstić information content (AvgIpc) is 2.77. The Hall–Kier alpha value is -1.52. The minimum Gasteiger partial charge on any atom is -0.444 e. The highest BCUT2D eigenvalue weighted by molar-refractivity contribution is 9.10. The van der Waals surface area contributed by atoms with Gasteiger partial charge < -0.3 is 14.5 Å². The number of hydrogen-bond donors (Lipinski definition) is 0. The Balaban J connectivity index is 2.01. The molecule has 2 aromatic rings. The molecule has 6 nitrogen and oxygen atoms in total. The van der Waals surface area contributed by atoms with Gasteiger partial charge in [0.25, 0.3) is 5.92 Å². The first kappa shape index (κ1) is 23.1. The van der Waals surface area contributed by atoms with Gasteiger partial charge in [-0.05, 0) is 54.4 Å². The lowest BCUT2D eigenvalue weighted by molar-refractivity contribution is -0.0285. The summed E-state index contributed by atoms with van der Waals surface area (Å²) >= 11 is 15.0. The third-order valence-electron chi connectivity index (χ3n) is 4.22. The molecule has 0 N–H and O–H groups in total. The smallest absolute Gasteiger partial charge is 0.410 e. The van der Waals surface area contributed by atoms with Gasteiger partial charge in [-0.1, -0.05) is 11.6 Å². The molecule has 0 saturated carbocycles. The fourth-order valence-corrected chi connectivity index (χ4v) is 3.70. The van der Waals surface area contributed by atoms with Crippen molar-refractivity contribution in [1.29, 1.82) is 0 Å². The fraction of sp³-hybridized carbons (Fsp3) is 0.500. The second-order valence-electron chi connectivity index (χ2n) is 7.88. The molecule has 0 atom stereocenters. The molecule has 1 saturated heterocycles. The standard InChI is InChI=1S/C18H18BrCl2F3N4O2/c1-17(2,3)30-16(29)28-5-4-27(7-18(23,24)8-28)14-9-6-10(20)11(19)12(22)13(9)25-15(21)26-14/h6H,4-5,7-8H2,1-3H3. The average molecular weight is 530 g/mol. The van der Waals surface area contributed by atoms with E-state index in [4.69, 9.17) is 27.9 Å². The second kappa shape index (κ2) is 8.20. The molecule has 0 spiro atoms. The van der Waals surface area contributed by atoms with Gasteiger partial charge in [0, 0.05) is 18.5 Å². The number of aromatic nitrogens is 2. The van der Waals surface area contributed by atoms with E-state index in [1.807, 2.05) is 0 Å². The first-order valence-electron chi connectivity index (χ1n) is 8.89. The van der Waals surface area contributed by atoms with E-state index in [2.05, 4.69) is 25.9 Å². The summed E-state index contributed by atoms with van der Waals surface area (Å²) in [5, 5.41) is -0.141. The van der Waals surface area contributed by atoms with Gasteiger partial charge in [0.15, 0.2) is 5.82 Å². The number of carbonyl (C=O) groups excluding carboxylic acids is 1. The van der Waals surface area contributed by atoms with Crippen LogP contribution in [0.2, 0.25) is 10.3 Å². The molecule has 0 radical (unpaired) electrons. The lowest BCUT2D eigenvalue weighted by Crippen LogP contribution is -2.44. The molecular weight excluding hydrogens is 512 g/mol. The largest absolute Gasteiger partial charge is 0.444 e. The fourth-order valence-electron chi connectivity index (χ4n) is 3.04. The Morgan fingerprint density at radius 3 is 2.53 bits per heavy atom. The number of fused-ring (bicyclic) bond motifs is 1. The van der Waals surface area contributed by atoms with Gasteiger partial charge in [-0.2, -0.15) is 4.98 Å². The number of alkyl halides is 2. The van der Waals surface area contributed by atoms with E-state index in [0.29, 0.717) is 0 Å². The zero-order valence-electron chi connectivity index (χ0n) is 16.3. The predicted octanol–water partition coefficient (Wildman–Crippen LogP) is 5.53. The minimum absolute atomic E-state index is 0.00372. The van der Waals surface area contributed by atoms with E-state index in [9.17, 15) is 18.0 Å². The van der Waals surface area contributed by atoms with Gasteiger partial charge in [0.1, 0.15) is 16.9 Å². The summed E-state index contributed by atoms with van der Waals surface area (Å²) < 4.78 is 49.2. The summed E-state index contributed by atoms with van der Waals surface area (Å²) in [5.41, 5.74) is -0.978. The summed E-state index contributed by atoms with van der Waals surface area (Å²) in [6.45, 7) is 3.31. The van der Waals surface area contributed by atoms with Crippen molar-refractivity contribution in [3.8, 4) is 0 Å². The van der Waals surface area contributed by atoms with Crippen LogP contribution in [0.15, 0.2) is 10.5 Å². The van der Waals surface area contributed by atoms with Crippen LogP contribution in [0.4, 0.5) is 23.8 Å². The third-order valence-corrected chi connectivity index (χ3v) is 5.69. The van der Waals surface area contributed by atoms with Crippen LogP contribution in [0.25, 0.3) is 10.9 Å². The zero-order chi connectivity index (χ0) is 22.4. The molecular formula is C18H18BrCl2F3N4O2. The number of benzene rings is 1. The van der Waals surface area contributed by atoms with E-state index in [0.717, 1.165) is 4.90 Å². The number of ether oxygens (including phenoxy) is 1. The lowest BCUT2D eigenvalue weighted by Gasteiger charge is -2.27. The number of carbonyl (C=O) groups is 1. The van der Waals surface area contributed by atoms with Crippen molar-refractivity contribution in [2.75, 3.05) is 31.1 Å². The number of anilines is 1. The summed E-state index contributed by atoms with van der Waals surface area (Å²) in [5.74, 6) is -4.06. The van der Waals surface area contributed by atoms with Crippen LogP contribution < -0.4 is 4.90 Å². The summed E-state index contributed by atoms with van der Waals surface area (Å²) in [4.78, 5) is 22.4. The van der Waals surface area contributed by atoms with Crippen molar-refractivity contribution in [3.63, 3.8) is 0 Å². The molecule has 1 aromatic heterocycles. The van der Waals surface area contributed by atoms with Crippen molar-refractivity contribution in [1.82, 2.24) is 14.9 Å². The Kier molecular flexibility index (Phi) is 6.33. The van der Waals surface area contributed by atoms with Crippen LogP contribution in [0.5, 0.6) is 0 Å². The molecule has 1 fully saturated rings. The molecule has 1 aliphatic rings. The maximum Gasteiger partial charge on any atom is 0.410 e. The molecule has 1 amide bonds. The number of hydrogen-bond acceptors (Lipinski definition) is 5. The first-order valence-corrected chi connectivity index (χ1v) is 10.4. The van der Waals surface area contributed by atoms with Crippen LogP contribution in [-0.4, -0.2) is 58.7 Å². The zero-order valence-corrected chi connectivity index (χ0v) is 19.4. The molecule has 1 aromatic carbocycles. The highest BCUT2D eigenvalue weighted by Gasteiger charge is 2.41. The normalized spacial score (nSPS) is 17.2. The van der Waals surface area contributed by atoms with E-state index < -0.39 is 36.5 Å². The van der Waals surface area contributed by atoms with Gasteiger partial charge in [-0.25, -0.2) is 22.9 Å². The third kappa shape index (κ3) is 5.03. The Morgan fingerprint density at radius 2 is 1.90 bits per heavy atom. The molecule has 2 heterocycles. The molecule has 1 aliphatic heterocycles. The monoisotopic (exact) mass is 528 g/mol. The summed E-state index contributed by atoms with van der Waals surface area (Å²) in [7, 11) is 0. The maximum absolute atomic E-state index is 14.7. The summed E-state index contributed by atoms with van der Waals surface area (Å²) in [6, 6.07) is 1.38. The van der Waals surface area contributed by atoms with Crippen LogP contribution in [0.3, 0.4) is 0 Å². The van der Waals surface area contributed by atoms with Crippen molar-refractivity contribution >= 4 is 61.9 Å². The van der Waals surface area contributed by atoms with E-state index in [1.165, 1.54) is 11.0 Å². The molecule has 12 heteroatoms. The van der Waals surface area contributed by atoms with Crippen molar-refractivity contribution < 1.29 is 22.7 Å². The van der Waals surface area contributed by atoms with E-state index >= 15 is 0 Å². The van der Waals surface area contributed by atoms with E-state index in [-0.39, 0.29) is 44.6 Å². The molecule has 164 valence electrons. The number of halogens is 6. The quantitative estimate of drug-likeness (QED) is 0.359. The van der Waals surface area contributed by atoms with Crippen LogP contribution >= 0.6 is 39.1 Å². The first-order chi connectivity index (χ1) is 13.8. The Morgan fingerprint density at radius 1 is 1.23 bits per heavy atom. The maximum atomic E-state index is 14.7. The van der Waals surface area contributed by atoms with Crippen LogP contribution in [-0.2, 0) is 4.74 Å². The van der Waals surface area contributed by atoms with Gasteiger partial charge in [-0.3, -0.25) is 0 Å². The highest BCUT2D eigenvalue weighted by atomic mass is 79.9. The van der Waals surface area contributed by atoms with Gasteiger partial charge in [-0.15, -0.1) is 0 Å². The van der Waals surface area contributed by atoms with E-state index in [1.54, 1.807) is 20.8 Å². The predicted molar refractivity (Wildman–Crippen MR) is 112 cm³/mol. The minimum atomic E-state index is -3.28.